The second-order valence-corrected chi connectivity index (χ2v) is 3.91. The summed E-state index contributed by atoms with van der Waals surface area (Å²) < 4.78 is 14.9. The van der Waals surface area contributed by atoms with Crippen LogP contribution in [0.1, 0.15) is 16.2 Å². The fourth-order valence-electron chi connectivity index (χ4n) is 1.61. The summed E-state index contributed by atoms with van der Waals surface area (Å²) in [4.78, 5) is 11.9. The van der Waals surface area contributed by atoms with E-state index in [9.17, 15) is 9.18 Å². The molecule has 0 saturated carbocycles. The maximum atomic E-state index is 13.4. The summed E-state index contributed by atoms with van der Waals surface area (Å²) in [5, 5.41) is 15.5. The van der Waals surface area contributed by atoms with E-state index in [1.165, 1.54) is 16.8 Å². The third-order valence-electron chi connectivity index (χ3n) is 2.44. The quantitative estimate of drug-likeness (QED) is 0.798. The van der Waals surface area contributed by atoms with Gasteiger partial charge in [0, 0.05) is 13.1 Å². The summed E-state index contributed by atoms with van der Waals surface area (Å²) in [6.07, 6.45) is 0. The number of benzene rings is 1. The Morgan fingerprint density at radius 3 is 2.72 bits per heavy atom. The zero-order valence-electron chi connectivity index (χ0n) is 9.94. The van der Waals surface area contributed by atoms with Gasteiger partial charge >= 0.3 is 0 Å². The second-order valence-electron chi connectivity index (χ2n) is 3.91. The highest BCUT2D eigenvalue weighted by Crippen LogP contribution is 2.20. The highest BCUT2D eigenvalue weighted by molar-refractivity contribution is 6.03. The SMILES string of the molecule is Cc1cc(C(=O)Nc2ccc(O)cc2F)n(C)n1. The van der Waals surface area contributed by atoms with Crippen LogP contribution in [-0.4, -0.2) is 20.8 Å². The standard InChI is InChI=1S/C12H12FN3O2/c1-7-5-11(16(2)15-7)12(18)14-10-4-3-8(17)6-9(10)13/h3-6,17H,1-2H3,(H,14,18). The molecule has 5 nitrogen and oxygen atoms in total. The molecule has 2 N–H and O–H groups in total. The number of anilines is 1. The van der Waals surface area contributed by atoms with Crippen molar-refractivity contribution >= 4 is 11.6 Å². The number of amides is 1. The first kappa shape index (κ1) is 12.1. The molecule has 0 unspecified atom stereocenters. The van der Waals surface area contributed by atoms with E-state index >= 15 is 0 Å². The van der Waals surface area contributed by atoms with E-state index in [0.29, 0.717) is 11.4 Å². The lowest BCUT2D eigenvalue weighted by molar-refractivity contribution is 0.101. The third kappa shape index (κ3) is 2.32. The normalized spacial score (nSPS) is 10.4. The van der Waals surface area contributed by atoms with Crippen molar-refractivity contribution in [3.05, 3.63) is 41.5 Å². The van der Waals surface area contributed by atoms with Gasteiger partial charge in [-0.2, -0.15) is 5.10 Å². The van der Waals surface area contributed by atoms with Crippen LogP contribution in [0.25, 0.3) is 0 Å². The van der Waals surface area contributed by atoms with Crippen molar-refractivity contribution in [1.82, 2.24) is 9.78 Å². The number of nitrogens with one attached hydrogen (secondary N) is 1. The number of aromatic nitrogens is 2. The van der Waals surface area contributed by atoms with Crippen molar-refractivity contribution in [2.45, 2.75) is 6.92 Å². The summed E-state index contributed by atoms with van der Waals surface area (Å²) in [6.45, 7) is 1.76. The molecule has 0 aliphatic carbocycles. The van der Waals surface area contributed by atoms with Gasteiger partial charge in [0.25, 0.3) is 5.91 Å². The molecule has 0 atom stereocenters. The van der Waals surface area contributed by atoms with Crippen LogP contribution < -0.4 is 5.32 Å². The van der Waals surface area contributed by atoms with Gasteiger partial charge in [-0.3, -0.25) is 9.48 Å². The Labute approximate surface area is 103 Å². The minimum Gasteiger partial charge on any atom is -0.508 e. The molecule has 0 aliphatic heterocycles. The van der Waals surface area contributed by atoms with Crippen molar-refractivity contribution in [3.8, 4) is 5.75 Å². The molecule has 94 valence electrons. The van der Waals surface area contributed by atoms with Crippen LogP contribution in [0.15, 0.2) is 24.3 Å². The lowest BCUT2D eigenvalue weighted by Crippen LogP contribution is -2.16. The maximum Gasteiger partial charge on any atom is 0.274 e. The zero-order chi connectivity index (χ0) is 13.3. The summed E-state index contributed by atoms with van der Waals surface area (Å²) in [5.74, 6) is -1.34. The van der Waals surface area contributed by atoms with Crippen LogP contribution in [-0.2, 0) is 7.05 Å². The van der Waals surface area contributed by atoms with E-state index in [4.69, 9.17) is 5.11 Å². The predicted molar refractivity (Wildman–Crippen MR) is 64.0 cm³/mol. The van der Waals surface area contributed by atoms with Gasteiger partial charge in [0.05, 0.1) is 11.4 Å². The Bertz CT molecular complexity index is 607. The predicted octanol–water partition coefficient (Wildman–Crippen LogP) is 1.83. The average molecular weight is 249 g/mol. The minimum atomic E-state index is -0.692. The number of halogens is 1. The van der Waals surface area contributed by atoms with Gasteiger partial charge in [0.1, 0.15) is 17.3 Å². The number of hydrogen-bond donors (Lipinski definition) is 2. The van der Waals surface area contributed by atoms with E-state index in [1.807, 2.05) is 0 Å². The summed E-state index contributed by atoms with van der Waals surface area (Å²) in [5.41, 5.74) is 1.05. The van der Waals surface area contributed by atoms with Gasteiger partial charge in [0.2, 0.25) is 0 Å². The summed E-state index contributed by atoms with van der Waals surface area (Å²) in [6, 6.07) is 5.14. The number of hydrogen-bond acceptors (Lipinski definition) is 3. The Morgan fingerprint density at radius 1 is 1.44 bits per heavy atom. The van der Waals surface area contributed by atoms with Crippen molar-refractivity contribution < 1.29 is 14.3 Å². The largest absolute Gasteiger partial charge is 0.508 e. The number of carbonyl (C=O) groups excluding carboxylic acids is 1. The third-order valence-corrected chi connectivity index (χ3v) is 2.44. The monoisotopic (exact) mass is 249 g/mol. The van der Waals surface area contributed by atoms with E-state index < -0.39 is 11.7 Å². The second kappa shape index (κ2) is 4.48. The van der Waals surface area contributed by atoms with Crippen LogP contribution in [0.3, 0.4) is 0 Å². The van der Waals surface area contributed by atoms with Crippen LogP contribution in [0.4, 0.5) is 10.1 Å². The fourth-order valence-corrected chi connectivity index (χ4v) is 1.61. The molecule has 1 aromatic carbocycles. The number of aryl methyl sites for hydroxylation is 2. The molecule has 1 aromatic heterocycles. The Balaban J connectivity index is 2.24. The average Bonchev–Trinajstić information content (AvgIpc) is 2.62. The lowest BCUT2D eigenvalue weighted by Gasteiger charge is -2.06. The molecule has 18 heavy (non-hydrogen) atoms. The Hall–Kier alpha value is -2.37. The molecular formula is C12H12FN3O2. The van der Waals surface area contributed by atoms with Crippen LogP contribution in [0, 0.1) is 12.7 Å². The molecule has 0 spiro atoms. The molecular weight excluding hydrogens is 237 g/mol. The Kier molecular flexibility index (Phi) is 3.01. The minimum absolute atomic E-state index is 0.0108. The Morgan fingerprint density at radius 2 is 2.17 bits per heavy atom. The molecule has 0 fully saturated rings. The number of aromatic hydroxyl groups is 1. The lowest BCUT2D eigenvalue weighted by atomic mass is 10.2. The van der Waals surface area contributed by atoms with E-state index in [-0.39, 0.29) is 11.4 Å². The molecule has 0 aliphatic rings. The van der Waals surface area contributed by atoms with E-state index in [1.54, 1.807) is 20.0 Å². The number of nitrogens with zero attached hydrogens (tertiary/aromatic N) is 2. The topological polar surface area (TPSA) is 67.2 Å². The number of rotatable bonds is 2. The maximum absolute atomic E-state index is 13.4. The molecule has 0 saturated heterocycles. The molecule has 1 heterocycles. The number of carbonyl (C=O) groups is 1. The molecule has 0 bridgehead atoms. The highest BCUT2D eigenvalue weighted by Gasteiger charge is 2.14. The number of phenolic OH excluding ortho intramolecular Hbond substituents is 1. The van der Waals surface area contributed by atoms with Crippen molar-refractivity contribution in [2.24, 2.45) is 7.05 Å². The molecule has 2 aromatic rings. The van der Waals surface area contributed by atoms with Gasteiger partial charge in [-0.05, 0) is 25.1 Å². The first-order chi connectivity index (χ1) is 8.47. The van der Waals surface area contributed by atoms with Gasteiger partial charge in [-0.25, -0.2) is 4.39 Å². The van der Waals surface area contributed by atoms with Crippen molar-refractivity contribution in [1.29, 1.82) is 0 Å². The smallest absolute Gasteiger partial charge is 0.274 e. The highest BCUT2D eigenvalue weighted by atomic mass is 19.1. The van der Waals surface area contributed by atoms with Crippen molar-refractivity contribution in [3.63, 3.8) is 0 Å². The zero-order valence-corrected chi connectivity index (χ0v) is 9.94. The van der Waals surface area contributed by atoms with E-state index in [0.717, 1.165) is 6.07 Å². The first-order valence-corrected chi connectivity index (χ1v) is 5.28. The number of phenols is 1. The summed E-state index contributed by atoms with van der Waals surface area (Å²) in [7, 11) is 1.63. The van der Waals surface area contributed by atoms with Crippen LogP contribution >= 0.6 is 0 Å². The fraction of sp³-hybridized carbons (Fsp3) is 0.167. The van der Waals surface area contributed by atoms with Gasteiger partial charge in [0.15, 0.2) is 0 Å². The van der Waals surface area contributed by atoms with Gasteiger partial charge < -0.3 is 10.4 Å². The van der Waals surface area contributed by atoms with Crippen LogP contribution in [0.5, 0.6) is 5.75 Å². The molecule has 2 rings (SSSR count). The summed E-state index contributed by atoms with van der Waals surface area (Å²) >= 11 is 0. The van der Waals surface area contributed by atoms with Gasteiger partial charge in [-0.1, -0.05) is 0 Å². The van der Waals surface area contributed by atoms with Crippen molar-refractivity contribution in [2.75, 3.05) is 5.32 Å². The van der Waals surface area contributed by atoms with Crippen LogP contribution in [0.2, 0.25) is 0 Å². The van der Waals surface area contributed by atoms with E-state index in [2.05, 4.69) is 10.4 Å². The van der Waals surface area contributed by atoms with Gasteiger partial charge in [-0.15, -0.1) is 0 Å². The first-order valence-electron chi connectivity index (χ1n) is 5.28. The molecule has 1 amide bonds. The molecule has 0 radical (unpaired) electrons. The molecule has 6 heteroatoms.